The van der Waals surface area contributed by atoms with Crippen LogP contribution in [0.1, 0.15) is 33.1 Å². The number of carbonyl (C=O) groups excluding carboxylic acids is 1. The average Bonchev–Trinajstić information content (AvgIpc) is 2.65. The number of ether oxygens (including phenoxy) is 2. The van der Waals surface area contributed by atoms with Crippen molar-refractivity contribution < 1.29 is 14.3 Å². The molecule has 2 unspecified atom stereocenters. The molecule has 0 aromatic carbocycles. The minimum atomic E-state index is -0.745. The van der Waals surface area contributed by atoms with E-state index in [4.69, 9.17) is 9.47 Å². The van der Waals surface area contributed by atoms with Crippen LogP contribution in [0.2, 0.25) is 0 Å². The Hall–Kier alpha value is -0.610. The first-order valence-corrected chi connectivity index (χ1v) is 5.38. The highest BCUT2D eigenvalue weighted by Crippen LogP contribution is 2.22. The van der Waals surface area contributed by atoms with E-state index in [1.165, 1.54) is 0 Å². The standard InChI is InChI=1S/C11H21NO3/c1-11(2,15-4)10(13)12-8-5-6-9(7-8)14-3/h8-9H,5-7H2,1-4H3,(H,12,13). The summed E-state index contributed by atoms with van der Waals surface area (Å²) < 4.78 is 10.4. The third-order valence-corrected chi connectivity index (χ3v) is 3.11. The molecule has 1 aliphatic carbocycles. The van der Waals surface area contributed by atoms with Crippen LogP contribution in [0.3, 0.4) is 0 Å². The summed E-state index contributed by atoms with van der Waals surface area (Å²) in [6, 6.07) is 0.233. The molecule has 0 aromatic rings. The zero-order valence-electron chi connectivity index (χ0n) is 10.0. The summed E-state index contributed by atoms with van der Waals surface area (Å²) in [5, 5.41) is 2.99. The van der Waals surface area contributed by atoms with Gasteiger partial charge >= 0.3 is 0 Å². The van der Waals surface area contributed by atoms with E-state index in [1.54, 1.807) is 28.1 Å². The van der Waals surface area contributed by atoms with Gasteiger partial charge in [0.2, 0.25) is 0 Å². The smallest absolute Gasteiger partial charge is 0.251 e. The molecule has 1 amide bonds. The van der Waals surface area contributed by atoms with Gasteiger partial charge in [0.1, 0.15) is 5.60 Å². The van der Waals surface area contributed by atoms with Gasteiger partial charge in [0.15, 0.2) is 0 Å². The largest absolute Gasteiger partial charge is 0.381 e. The monoisotopic (exact) mass is 215 g/mol. The minimum Gasteiger partial charge on any atom is -0.381 e. The van der Waals surface area contributed by atoms with E-state index in [1.807, 2.05) is 0 Å². The molecule has 0 spiro atoms. The molecule has 4 nitrogen and oxygen atoms in total. The molecule has 1 rings (SSSR count). The van der Waals surface area contributed by atoms with E-state index in [0.717, 1.165) is 19.3 Å². The van der Waals surface area contributed by atoms with Crippen LogP contribution in [0.4, 0.5) is 0 Å². The molecule has 0 aliphatic heterocycles. The van der Waals surface area contributed by atoms with Crippen molar-refractivity contribution in [3.63, 3.8) is 0 Å². The minimum absolute atomic E-state index is 0.0493. The molecule has 1 aliphatic rings. The van der Waals surface area contributed by atoms with Crippen LogP contribution >= 0.6 is 0 Å². The van der Waals surface area contributed by atoms with E-state index < -0.39 is 5.60 Å². The molecular weight excluding hydrogens is 194 g/mol. The first kappa shape index (κ1) is 12.5. The fourth-order valence-corrected chi connectivity index (χ4v) is 1.74. The fraction of sp³-hybridized carbons (Fsp3) is 0.909. The number of nitrogens with one attached hydrogen (secondary N) is 1. The Labute approximate surface area is 91.3 Å². The quantitative estimate of drug-likeness (QED) is 0.763. The molecule has 1 fully saturated rings. The number of methoxy groups -OCH3 is 2. The van der Waals surface area contributed by atoms with Crippen LogP contribution < -0.4 is 5.32 Å². The van der Waals surface area contributed by atoms with Gasteiger partial charge in [0.05, 0.1) is 6.10 Å². The van der Waals surface area contributed by atoms with Crippen molar-refractivity contribution in [2.75, 3.05) is 14.2 Å². The molecule has 88 valence electrons. The summed E-state index contributed by atoms with van der Waals surface area (Å²) in [4.78, 5) is 11.8. The Morgan fingerprint density at radius 1 is 1.33 bits per heavy atom. The van der Waals surface area contributed by atoms with E-state index in [0.29, 0.717) is 6.10 Å². The van der Waals surface area contributed by atoms with E-state index in [9.17, 15) is 4.79 Å². The maximum atomic E-state index is 11.8. The molecule has 2 atom stereocenters. The van der Waals surface area contributed by atoms with Crippen LogP contribution in [0.15, 0.2) is 0 Å². The highest BCUT2D eigenvalue weighted by Gasteiger charge is 2.32. The molecule has 4 heteroatoms. The van der Waals surface area contributed by atoms with Gasteiger partial charge in [-0.05, 0) is 33.1 Å². The predicted octanol–water partition coefficient (Wildman–Crippen LogP) is 1.10. The van der Waals surface area contributed by atoms with Crippen molar-refractivity contribution in [2.24, 2.45) is 0 Å². The lowest BCUT2D eigenvalue weighted by molar-refractivity contribution is -0.140. The van der Waals surface area contributed by atoms with Gasteiger partial charge in [0.25, 0.3) is 5.91 Å². The van der Waals surface area contributed by atoms with Gasteiger partial charge < -0.3 is 14.8 Å². The number of rotatable bonds is 4. The predicted molar refractivity (Wildman–Crippen MR) is 57.7 cm³/mol. The Morgan fingerprint density at radius 2 is 2.00 bits per heavy atom. The van der Waals surface area contributed by atoms with Crippen molar-refractivity contribution in [3.8, 4) is 0 Å². The first-order valence-electron chi connectivity index (χ1n) is 5.38. The third kappa shape index (κ3) is 3.18. The lowest BCUT2D eigenvalue weighted by Gasteiger charge is -2.24. The Balaban J connectivity index is 2.40. The van der Waals surface area contributed by atoms with Gasteiger partial charge in [0, 0.05) is 20.3 Å². The molecule has 1 N–H and O–H groups in total. The highest BCUT2D eigenvalue weighted by molar-refractivity contribution is 5.84. The summed E-state index contributed by atoms with van der Waals surface area (Å²) in [7, 11) is 3.26. The van der Waals surface area contributed by atoms with Gasteiger partial charge in [-0.3, -0.25) is 4.79 Å². The van der Waals surface area contributed by atoms with Gasteiger partial charge in [-0.15, -0.1) is 0 Å². The van der Waals surface area contributed by atoms with Crippen LogP contribution in [0, 0.1) is 0 Å². The number of hydrogen-bond donors (Lipinski definition) is 1. The van der Waals surface area contributed by atoms with Crippen LogP contribution in [-0.4, -0.2) is 37.9 Å². The number of amides is 1. The molecular formula is C11H21NO3. The summed E-state index contributed by atoms with van der Waals surface area (Å²) in [5.41, 5.74) is -0.745. The highest BCUT2D eigenvalue weighted by atomic mass is 16.5. The SMILES string of the molecule is COC1CCC(NC(=O)C(C)(C)OC)C1. The molecule has 0 saturated heterocycles. The van der Waals surface area contributed by atoms with E-state index >= 15 is 0 Å². The van der Waals surface area contributed by atoms with E-state index in [-0.39, 0.29) is 11.9 Å². The van der Waals surface area contributed by atoms with Crippen molar-refractivity contribution >= 4 is 5.91 Å². The second-order valence-electron chi connectivity index (χ2n) is 4.56. The topological polar surface area (TPSA) is 47.6 Å². The normalized spacial score (nSPS) is 26.7. The maximum absolute atomic E-state index is 11.8. The van der Waals surface area contributed by atoms with Gasteiger partial charge in [-0.1, -0.05) is 0 Å². The van der Waals surface area contributed by atoms with Gasteiger partial charge in [-0.25, -0.2) is 0 Å². The zero-order chi connectivity index (χ0) is 11.5. The number of hydrogen-bond acceptors (Lipinski definition) is 3. The van der Waals surface area contributed by atoms with Crippen molar-refractivity contribution in [2.45, 2.75) is 50.9 Å². The molecule has 0 bridgehead atoms. The Kier molecular flexibility index (Phi) is 4.11. The fourth-order valence-electron chi connectivity index (χ4n) is 1.74. The summed E-state index contributed by atoms with van der Waals surface area (Å²) in [6.07, 6.45) is 3.21. The van der Waals surface area contributed by atoms with Crippen molar-refractivity contribution in [1.29, 1.82) is 0 Å². The number of carbonyl (C=O) groups is 1. The zero-order valence-corrected chi connectivity index (χ0v) is 10.0. The Morgan fingerprint density at radius 3 is 2.47 bits per heavy atom. The Bertz CT molecular complexity index is 228. The summed E-state index contributed by atoms with van der Waals surface area (Å²) >= 11 is 0. The molecule has 0 radical (unpaired) electrons. The van der Waals surface area contributed by atoms with Crippen LogP contribution in [0.25, 0.3) is 0 Å². The molecule has 0 aromatic heterocycles. The second kappa shape index (κ2) is 4.94. The summed E-state index contributed by atoms with van der Waals surface area (Å²) in [5.74, 6) is -0.0493. The second-order valence-corrected chi connectivity index (χ2v) is 4.56. The van der Waals surface area contributed by atoms with Crippen molar-refractivity contribution in [3.05, 3.63) is 0 Å². The van der Waals surface area contributed by atoms with Crippen molar-refractivity contribution in [1.82, 2.24) is 5.32 Å². The lowest BCUT2D eigenvalue weighted by Crippen LogP contribution is -2.47. The van der Waals surface area contributed by atoms with Gasteiger partial charge in [-0.2, -0.15) is 0 Å². The summed E-state index contributed by atoms with van der Waals surface area (Å²) in [6.45, 7) is 3.54. The molecule has 15 heavy (non-hydrogen) atoms. The first-order chi connectivity index (χ1) is 6.99. The molecule has 0 heterocycles. The average molecular weight is 215 g/mol. The maximum Gasteiger partial charge on any atom is 0.251 e. The van der Waals surface area contributed by atoms with Crippen LogP contribution in [-0.2, 0) is 14.3 Å². The third-order valence-electron chi connectivity index (χ3n) is 3.11. The van der Waals surface area contributed by atoms with Crippen LogP contribution in [0.5, 0.6) is 0 Å². The molecule has 1 saturated carbocycles. The van der Waals surface area contributed by atoms with E-state index in [2.05, 4.69) is 5.32 Å². The lowest BCUT2D eigenvalue weighted by atomic mass is 10.1.